The monoisotopic (exact) mass is 422 g/mol. The SMILES string of the molecule is COc1cccc(-c2csc3nc(NC(=O)COc4cc(C)cc(C)c4C)nn23)c1. The maximum atomic E-state index is 12.4. The molecule has 0 bridgehead atoms. The Hall–Kier alpha value is -3.39. The smallest absolute Gasteiger partial charge is 0.264 e. The van der Waals surface area contributed by atoms with E-state index in [2.05, 4.69) is 21.5 Å². The maximum Gasteiger partial charge on any atom is 0.264 e. The average molecular weight is 423 g/mol. The molecule has 2 aromatic heterocycles. The van der Waals surface area contributed by atoms with Crippen molar-refractivity contribution in [3.8, 4) is 22.8 Å². The van der Waals surface area contributed by atoms with Gasteiger partial charge in [0.25, 0.3) is 11.9 Å². The van der Waals surface area contributed by atoms with Gasteiger partial charge in [-0.3, -0.25) is 10.1 Å². The highest BCUT2D eigenvalue weighted by Gasteiger charge is 2.14. The van der Waals surface area contributed by atoms with Crippen molar-refractivity contribution in [3.05, 3.63) is 58.5 Å². The number of aryl methyl sites for hydroxylation is 2. The lowest BCUT2D eigenvalue weighted by molar-refractivity contribution is -0.118. The number of thiazole rings is 1. The van der Waals surface area contributed by atoms with Gasteiger partial charge in [-0.1, -0.05) is 18.2 Å². The number of benzene rings is 2. The summed E-state index contributed by atoms with van der Waals surface area (Å²) in [5.41, 5.74) is 5.08. The number of aromatic nitrogens is 3. The number of methoxy groups -OCH3 is 1. The molecule has 0 aliphatic rings. The Balaban J connectivity index is 1.48. The molecule has 0 aliphatic carbocycles. The van der Waals surface area contributed by atoms with Gasteiger partial charge in [-0.2, -0.15) is 4.98 Å². The number of carbonyl (C=O) groups excluding carboxylic acids is 1. The van der Waals surface area contributed by atoms with Crippen molar-refractivity contribution in [1.82, 2.24) is 14.6 Å². The number of nitrogens with one attached hydrogen (secondary N) is 1. The van der Waals surface area contributed by atoms with Crippen LogP contribution in [0.15, 0.2) is 41.8 Å². The van der Waals surface area contributed by atoms with Crippen LogP contribution >= 0.6 is 11.3 Å². The van der Waals surface area contributed by atoms with Gasteiger partial charge >= 0.3 is 0 Å². The first-order chi connectivity index (χ1) is 14.4. The lowest BCUT2D eigenvalue weighted by Gasteiger charge is -2.11. The van der Waals surface area contributed by atoms with Crippen LogP contribution in [0.25, 0.3) is 16.2 Å². The molecule has 0 aliphatic heterocycles. The molecule has 1 amide bonds. The second-order valence-electron chi connectivity index (χ2n) is 7.02. The number of hydrogen-bond donors (Lipinski definition) is 1. The highest BCUT2D eigenvalue weighted by atomic mass is 32.1. The number of nitrogens with zero attached hydrogens (tertiary/aromatic N) is 3. The van der Waals surface area contributed by atoms with Crippen molar-refractivity contribution >= 4 is 28.2 Å². The lowest BCUT2D eigenvalue weighted by Crippen LogP contribution is -2.21. The van der Waals surface area contributed by atoms with E-state index >= 15 is 0 Å². The summed E-state index contributed by atoms with van der Waals surface area (Å²) < 4.78 is 12.7. The molecule has 4 rings (SSSR count). The first kappa shape index (κ1) is 19.9. The first-order valence-electron chi connectivity index (χ1n) is 9.44. The van der Waals surface area contributed by atoms with Gasteiger partial charge in [-0.15, -0.1) is 16.4 Å². The zero-order valence-corrected chi connectivity index (χ0v) is 18.0. The molecule has 7 nitrogen and oxygen atoms in total. The second-order valence-corrected chi connectivity index (χ2v) is 7.86. The van der Waals surface area contributed by atoms with Crippen molar-refractivity contribution in [1.29, 1.82) is 0 Å². The van der Waals surface area contributed by atoms with E-state index in [4.69, 9.17) is 9.47 Å². The van der Waals surface area contributed by atoms with Crippen molar-refractivity contribution in [2.75, 3.05) is 19.0 Å². The molecule has 0 unspecified atom stereocenters. The Kier molecular flexibility index (Phi) is 5.41. The molecule has 0 radical (unpaired) electrons. The lowest BCUT2D eigenvalue weighted by atomic mass is 10.1. The van der Waals surface area contributed by atoms with E-state index in [1.807, 2.05) is 56.5 Å². The minimum atomic E-state index is -0.310. The zero-order valence-electron chi connectivity index (χ0n) is 17.2. The Bertz CT molecular complexity index is 1230. The number of carbonyl (C=O) groups is 1. The van der Waals surface area contributed by atoms with Crippen molar-refractivity contribution in [3.63, 3.8) is 0 Å². The Morgan fingerprint density at radius 1 is 1.20 bits per heavy atom. The average Bonchev–Trinajstić information content (AvgIpc) is 3.29. The molecular weight excluding hydrogens is 400 g/mol. The molecule has 0 saturated heterocycles. The van der Waals surface area contributed by atoms with Crippen LogP contribution in [0, 0.1) is 20.8 Å². The summed E-state index contributed by atoms with van der Waals surface area (Å²) in [5.74, 6) is 1.41. The second kappa shape index (κ2) is 8.16. The third kappa shape index (κ3) is 3.99. The van der Waals surface area contributed by atoms with Crippen LogP contribution in [-0.2, 0) is 4.79 Å². The van der Waals surface area contributed by atoms with Crippen LogP contribution in [0.4, 0.5) is 5.95 Å². The van der Waals surface area contributed by atoms with Crippen molar-refractivity contribution in [2.24, 2.45) is 0 Å². The van der Waals surface area contributed by atoms with Crippen LogP contribution in [0.2, 0.25) is 0 Å². The largest absolute Gasteiger partial charge is 0.497 e. The maximum absolute atomic E-state index is 12.4. The summed E-state index contributed by atoms with van der Waals surface area (Å²) >= 11 is 1.45. The van der Waals surface area contributed by atoms with Crippen molar-refractivity contribution < 1.29 is 14.3 Å². The number of ether oxygens (including phenoxy) is 2. The third-order valence-electron chi connectivity index (χ3n) is 4.82. The van der Waals surface area contributed by atoms with Crippen molar-refractivity contribution in [2.45, 2.75) is 20.8 Å². The number of fused-ring (bicyclic) bond motifs is 1. The van der Waals surface area contributed by atoms with Crippen LogP contribution in [0.5, 0.6) is 11.5 Å². The number of amides is 1. The number of hydrogen-bond acceptors (Lipinski definition) is 6. The summed E-state index contributed by atoms with van der Waals surface area (Å²) in [5, 5.41) is 9.12. The van der Waals surface area contributed by atoms with Gasteiger partial charge in [0, 0.05) is 10.9 Å². The molecular formula is C22H22N4O3S. The number of anilines is 1. The van der Waals surface area contributed by atoms with E-state index in [9.17, 15) is 4.79 Å². The highest BCUT2D eigenvalue weighted by molar-refractivity contribution is 7.15. The van der Waals surface area contributed by atoms with Gasteiger partial charge in [0.05, 0.1) is 12.8 Å². The predicted molar refractivity (Wildman–Crippen MR) is 118 cm³/mol. The quantitative estimate of drug-likeness (QED) is 0.498. The summed E-state index contributed by atoms with van der Waals surface area (Å²) in [7, 11) is 1.63. The standard InChI is InChI=1S/C22H22N4O3S/c1-13-8-14(2)15(3)19(9-13)29-11-20(27)23-21-24-22-26(25-21)18(12-30-22)16-6-5-7-17(10-16)28-4/h5-10,12H,11H2,1-4H3,(H,23,25,27). The molecule has 0 saturated carbocycles. The fraction of sp³-hybridized carbons (Fsp3) is 0.227. The van der Waals surface area contributed by atoms with Gasteiger partial charge in [-0.25, -0.2) is 4.52 Å². The zero-order chi connectivity index (χ0) is 21.3. The van der Waals surface area contributed by atoms with E-state index in [0.717, 1.165) is 33.7 Å². The minimum Gasteiger partial charge on any atom is -0.497 e. The third-order valence-corrected chi connectivity index (χ3v) is 5.64. The van der Waals surface area contributed by atoms with E-state index in [1.165, 1.54) is 11.3 Å². The molecule has 0 spiro atoms. The molecule has 154 valence electrons. The molecule has 0 fully saturated rings. The molecule has 1 N–H and O–H groups in total. The molecule has 0 atom stereocenters. The fourth-order valence-corrected chi connectivity index (χ4v) is 4.00. The van der Waals surface area contributed by atoms with Crippen LogP contribution in [0.1, 0.15) is 16.7 Å². The molecule has 8 heteroatoms. The van der Waals surface area contributed by atoms with Gasteiger partial charge in [0.1, 0.15) is 11.5 Å². The van der Waals surface area contributed by atoms with Crippen LogP contribution in [0.3, 0.4) is 0 Å². The summed E-state index contributed by atoms with van der Waals surface area (Å²) in [4.78, 5) is 17.4. The molecule has 30 heavy (non-hydrogen) atoms. The topological polar surface area (TPSA) is 77.8 Å². The van der Waals surface area contributed by atoms with Gasteiger partial charge in [0.15, 0.2) is 6.61 Å². The summed E-state index contributed by atoms with van der Waals surface area (Å²) in [6.07, 6.45) is 0. The van der Waals surface area contributed by atoms with Gasteiger partial charge in [0.2, 0.25) is 4.96 Å². The molecule has 2 heterocycles. The van der Waals surface area contributed by atoms with E-state index in [1.54, 1.807) is 11.6 Å². The first-order valence-corrected chi connectivity index (χ1v) is 10.3. The number of rotatable bonds is 6. The normalized spacial score (nSPS) is 10.9. The van der Waals surface area contributed by atoms with Crippen LogP contribution < -0.4 is 14.8 Å². The molecule has 4 aromatic rings. The van der Waals surface area contributed by atoms with Gasteiger partial charge in [-0.05, 0) is 55.7 Å². The predicted octanol–water partition coefficient (Wildman–Crippen LogP) is 4.41. The molecule has 2 aromatic carbocycles. The van der Waals surface area contributed by atoms with E-state index in [0.29, 0.717) is 10.7 Å². The Morgan fingerprint density at radius 2 is 2.03 bits per heavy atom. The Labute approximate surface area is 178 Å². The van der Waals surface area contributed by atoms with Gasteiger partial charge < -0.3 is 9.47 Å². The Morgan fingerprint density at radius 3 is 2.83 bits per heavy atom. The van der Waals surface area contributed by atoms with Crippen LogP contribution in [-0.4, -0.2) is 34.2 Å². The van der Waals surface area contributed by atoms with E-state index < -0.39 is 0 Å². The highest BCUT2D eigenvalue weighted by Crippen LogP contribution is 2.28. The summed E-state index contributed by atoms with van der Waals surface area (Å²) in [6, 6.07) is 11.7. The fourth-order valence-electron chi connectivity index (χ4n) is 3.17. The van der Waals surface area contributed by atoms with E-state index in [-0.39, 0.29) is 18.5 Å². The summed E-state index contributed by atoms with van der Waals surface area (Å²) in [6.45, 7) is 5.89. The minimum absolute atomic E-state index is 0.112.